The molecule has 126 valence electrons. The highest BCUT2D eigenvalue weighted by Crippen LogP contribution is 2.36. The van der Waals surface area contributed by atoms with Gasteiger partial charge in [0, 0.05) is 12.7 Å². The molecule has 1 aliphatic heterocycles. The smallest absolute Gasteiger partial charge is 0.320 e. The molecule has 2 unspecified atom stereocenters. The Labute approximate surface area is 143 Å². The van der Waals surface area contributed by atoms with Crippen molar-refractivity contribution >= 4 is 5.97 Å². The molecule has 0 radical (unpaired) electrons. The molecule has 1 fully saturated rings. The Balaban J connectivity index is 2.14. The number of aryl methyl sites for hydroxylation is 3. The van der Waals surface area contributed by atoms with Gasteiger partial charge in [-0.1, -0.05) is 35.4 Å². The predicted molar refractivity (Wildman–Crippen MR) is 94.1 cm³/mol. The maximum atomic E-state index is 11.7. The first kappa shape index (κ1) is 16.7. The molecule has 2 heterocycles. The Kier molecular flexibility index (Phi) is 4.67. The van der Waals surface area contributed by atoms with E-state index in [1.807, 2.05) is 19.1 Å². The molecule has 0 spiro atoms. The van der Waals surface area contributed by atoms with E-state index in [1.54, 1.807) is 6.20 Å². The fourth-order valence-corrected chi connectivity index (χ4v) is 3.82. The molecule has 0 bridgehead atoms. The second-order valence-corrected chi connectivity index (χ2v) is 6.76. The minimum atomic E-state index is -0.740. The molecule has 1 aromatic carbocycles. The van der Waals surface area contributed by atoms with Gasteiger partial charge < -0.3 is 5.11 Å². The zero-order chi connectivity index (χ0) is 17.3. The number of likely N-dealkylation sites (tertiary alicyclic amines) is 1. The van der Waals surface area contributed by atoms with Crippen LogP contribution >= 0.6 is 0 Å². The van der Waals surface area contributed by atoms with E-state index < -0.39 is 12.0 Å². The van der Waals surface area contributed by atoms with Gasteiger partial charge in [0.15, 0.2) is 0 Å². The van der Waals surface area contributed by atoms with Crippen molar-refractivity contribution in [3.05, 3.63) is 64.5 Å². The van der Waals surface area contributed by atoms with Gasteiger partial charge in [-0.3, -0.25) is 14.7 Å². The van der Waals surface area contributed by atoms with E-state index in [-0.39, 0.29) is 6.04 Å². The summed E-state index contributed by atoms with van der Waals surface area (Å²) in [7, 11) is 0. The number of carbonyl (C=O) groups is 1. The summed E-state index contributed by atoms with van der Waals surface area (Å²) < 4.78 is 0. The van der Waals surface area contributed by atoms with Crippen LogP contribution < -0.4 is 0 Å². The fourth-order valence-electron chi connectivity index (χ4n) is 3.82. The number of hydrogen-bond acceptors (Lipinski definition) is 3. The molecule has 2 atom stereocenters. The van der Waals surface area contributed by atoms with E-state index in [4.69, 9.17) is 0 Å². The lowest BCUT2D eigenvalue weighted by atomic mass is 9.94. The van der Waals surface area contributed by atoms with E-state index >= 15 is 0 Å². The Morgan fingerprint density at radius 2 is 1.96 bits per heavy atom. The van der Waals surface area contributed by atoms with E-state index in [9.17, 15) is 9.90 Å². The van der Waals surface area contributed by atoms with Gasteiger partial charge in [0.2, 0.25) is 0 Å². The van der Waals surface area contributed by atoms with Gasteiger partial charge in [-0.25, -0.2) is 0 Å². The second-order valence-electron chi connectivity index (χ2n) is 6.76. The summed E-state index contributed by atoms with van der Waals surface area (Å²) in [6, 6.07) is 9.86. The highest BCUT2D eigenvalue weighted by molar-refractivity contribution is 5.74. The number of pyridine rings is 1. The molecule has 1 saturated heterocycles. The molecule has 1 aliphatic rings. The van der Waals surface area contributed by atoms with Crippen LogP contribution in [-0.2, 0) is 4.79 Å². The molecule has 24 heavy (non-hydrogen) atoms. The molecule has 3 rings (SSSR count). The summed E-state index contributed by atoms with van der Waals surface area (Å²) in [5.74, 6) is -0.740. The summed E-state index contributed by atoms with van der Waals surface area (Å²) >= 11 is 0. The zero-order valence-electron chi connectivity index (χ0n) is 14.5. The lowest BCUT2D eigenvalue weighted by Crippen LogP contribution is -2.39. The fraction of sp³-hybridized carbons (Fsp3) is 0.400. The lowest BCUT2D eigenvalue weighted by Gasteiger charge is -2.32. The number of carboxylic acids is 1. The number of hydrogen-bond donors (Lipinski definition) is 1. The van der Waals surface area contributed by atoms with Crippen LogP contribution in [0.4, 0.5) is 0 Å². The van der Waals surface area contributed by atoms with Crippen molar-refractivity contribution in [1.29, 1.82) is 0 Å². The Bertz CT molecular complexity index is 737. The van der Waals surface area contributed by atoms with Crippen molar-refractivity contribution in [2.45, 2.75) is 45.7 Å². The highest BCUT2D eigenvalue weighted by Gasteiger charge is 2.38. The van der Waals surface area contributed by atoms with Crippen molar-refractivity contribution in [3.8, 4) is 0 Å². The summed E-state index contributed by atoms with van der Waals surface area (Å²) in [5.41, 5.74) is 5.56. The van der Waals surface area contributed by atoms with Crippen molar-refractivity contribution in [2.75, 3.05) is 6.54 Å². The molecule has 0 aliphatic carbocycles. The van der Waals surface area contributed by atoms with Crippen LogP contribution in [0.5, 0.6) is 0 Å². The zero-order valence-corrected chi connectivity index (χ0v) is 14.5. The van der Waals surface area contributed by atoms with Crippen LogP contribution in [-0.4, -0.2) is 33.5 Å². The summed E-state index contributed by atoms with van der Waals surface area (Å²) in [4.78, 5) is 18.5. The SMILES string of the molecule is Cc1cc(C)cc(C(c2ncccc2C)N2CCCC2C(=O)O)c1. The van der Waals surface area contributed by atoms with Crippen LogP contribution in [0, 0.1) is 20.8 Å². The number of benzene rings is 1. The van der Waals surface area contributed by atoms with Crippen LogP contribution in [0.15, 0.2) is 36.5 Å². The van der Waals surface area contributed by atoms with Crippen LogP contribution in [0.25, 0.3) is 0 Å². The minimum Gasteiger partial charge on any atom is -0.480 e. The second kappa shape index (κ2) is 6.73. The predicted octanol–water partition coefficient (Wildman–Crippen LogP) is 3.65. The molecule has 4 heteroatoms. The minimum absolute atomic E-state index is 0.117. The average molecular weight is 324 g/mol. The van der Waals surface area contributed by atoms with Crippen molar-refractivity contribution in [1.82, 2.24) is 9.88 Å². The number of aromatic nitrogens is 1. The Hall–Kier alpha value is -2.20. The van der Waals surface area contributed by atoms with Crippen LogP contribution in [0.3, 0.4) is 0 Å². The quantitative estimate of drug-likeness (QED) is 0.933. The van der Waals surface area contributed by atoms with Gasteiger partial charge in [0.1, 0.15) is 6.04 Å². The summed E-state index contributed by atoms with van der Waals surface area (Å²) in [6.45, 7) is 6.99. The van der Waals surface area contributed by atoms with Crippen molar-refractivity contribution < 1.29 is 9.90 Å². The normalized spacial score (nSPS) is 19.4. The average Bonchev–Trinajstić information content (AvgIpc) is 2.98. The van der Waals surface area contributed by atoms with E-state index in [0.29, 0.717) is 6.42 Å². The first-order valence-corrected chi connectivity index (χ1v) is 8.45. The van der Waals surface area contributed by atoms with Gasteiger partial charge in [-0.05, 0) is 50.8 Å². The number of aliphatic carboxylic acids is 1. The molecular weight excluding hydrogens is 300 g/mol. The van der Waals surface area contributed by atoms with Crippen LogP contribution in [0.1, 0.15) is 46.8 Å². The standard InChI is InChI=1S/C20H24N2O2/c1-13-10-14(2)12-16(11-13)19(18-15(3)6-4-8-21-18)22-9-5-7-17(22)20(23)24/h4,6,8,10-12,17,19H,5,7,9H2,1-3H3,(H,23,24). The van der Waals surface area contributed by atoms with Crippen LogP contribution in [0.2, 0.25) is 0 Å². The van der Waals surface area contributed by atoms with Gasteiger partial charge in [-0.2, -0.15) is 0 Å². The monoisotopic (exact) mass is 324 g/mol. The lowest BCUT2D eigenvalue weighted by molar-refractivity contribution is -0.142. The summed E-state index contributed by atoms with van der Waals surface area (Å²) in [5, 5.41) is 9.64. The van der Waals surface area contributed by atoms with Gasteiger partial charge in [0.25, 0.3) is 0 Å². The van der Waals surface area contributed by atoms with Crippen molar-refractivity contribution in [3.63, 3.8) is 0 Å². The topological polar surface area (TPSA) is 53.4 Å². The van der Waals surface area contributed by atoms with Crippen molar-refractivity contribution in [2.24, 2.45) is 0 Å². The molecule has 1 aromatic heterocycles. The maximum absolute atomic E-state index is 11.7. The van der Waals surface area contributed by atoms with Gasteiger partial charge in [0.05, 0.1) is 11.7 Å². The largest absolute Gasteiger partial charge is 0.480 e. The third-order valence-corrected chi connectivity index (χ3v) is 4.78. The van der Waals surface area contributed by atoms with Gasteiger partial charge >= 0.3 is 5.97 Å². The third kappa shape index (κ3) is 3.20. The number of rotatable bonds is 4. The highest BCUT2D eigenvalue weighted by atomic mass is 16.4. The molecule has 1 N–H and O–H groups in total. The van der Waals surface area contributed by atoms with E-state index in [0.717, 1.165) is 29.8 Å². The number of carboxylic acid groups (broad SMARTS) is 1. The first-order valence-electron chi connectivity index (χ1n) is 8.45. The van der Waals surface area contributed by atoms with Gasteiger partial charge in [-0.15, -0.1) is 0 Å². The Morgan fingerprint density at radius 3 is 2.58 bits per heavy atom. The molecular formula is C20H24N2O2. The van der Waals surface area contributed by atoms with E-state index in [2.05, 4.69) is 41.9 Å². The summed E-state index contributed by atoms with van der Waals surface area (Å²) in [6.07, 6.45) is 3.40. The van der Waals surface area contributed by atoms with E-state index in [1.165, 1.54) is 11.1 Å². The molecule has 0 amide bonds. The Morgan fingerprint density at radius 1 is 1.25 bits per heavy atom. The number of nitrogens with zero attached hydrogens (tertiary/aromatic N) is 2. The third-order valence-electron chi connectivity index (χ3n) is 4.78. The maximum Gasteiger partial charge on any atom is 0.320 e. The molecule has 0 saturated carbocycles. The molecule has 2 aromatic rings. The first-order chi connectivity index (χ1) is 11.5. The molecule has 4 nitrogen and oxygen atoms in total.